The number of nitrogens with zero attached hydrogens (tertiary/aromatic N) is 3. The van der Waals surface area contributed by atoms with Crippen LogP contribution in [0.3, 0.4) is 0 Å². The highest BCUT2D eigenvalue weighted by molar-refractivity contribution is 6.26. The fourth-order valence-corrected chi connectivity index (χ4v) is 9.39. The van der Waals surface area contributed by atoms with E-state index in [1.807, 2.05) is 60.6 Å². The van der Waals surface area contributed by atoms with Crippen LogP contribution in [0.25, 0.3) is 11.8 Å². The molecule has 1 saturated heterocycles. The highest BCUT2D eigenvalue weighted by Gasteiger charge is 2.79. The molecule has 6 unspecified atom stereocenters. The van der Waals surface area contributed by atoms with Gasteiger partial charge in [-0.1, -0.05) is 43.2 Å². The van der Waals surface area contributed by atoms with Gasteiger partial charge in [0.2, 0.25) is 5.95 Å². The molecule has 1 aromatic heterocycles. The number of ether oxygens (including phenoxy) is 5. The maximum atomic E-state index is 15.4. The summed E-state index contributed by atoms with van der Waals surface area (Å²) in [6.45, 7) is 19.7. The van der Waals surface area contributed by atoms with Crippen LogP contribution in [0.2, 0.25) is 0 Å². The number of anilines is 1. The minimum absolute atomic E-state index is 0.0118. The molecule has 1 spiro atoms. The van der Waals surface area contributed by atoms with E-state index in [2.05, 4.69) is 41.4 Å². The molecule has 7 rings (SSSR count). The number of carbonyl (C=O) groups is 3. The highest BCUT2D eigenvalue weighted by atomic mass is 35.5. The Bertz CT molecular complexity index is 2220. The number of nitrogens with one attached hydrogen (secondary N) is 1. The van der Waals surface area contributed by atoms with E-state index in [4.69, 9.17) is 35.3 Å². The molecule has 6 atom stereocenters. The predicted molar refractivity (Wildman–Crippen MR) is 217 cm³/mol. The standard InChI is InChI=1S/C44H53ClN4O8/c1-23(2)13-12-18-42(10)19-17-29-35(55-42)28(15-14-24(3)4)37-31(36(29)54-30(50)21-45)33-32-34(49-40(48-33)46-22-47-49)26(6)38(51)43(20-16-25(5)39(52)53-11)44(32,56-37)27(7)41(8,9)57-43/h13-14,16-17,19,22,26-27,34H,12,15,18,20-21H2,1-11H3,(H,46,47,48)/b25-16-. The van der Waals surface area contributed by atoms with Gasteiger partial charge in [0.05, 0.1) is 35.6 Å². The summed E-state index contributed by atoms with van der Waals surface area (Å²) in [6.07, 6.45) is 13.3. The van der Waals surface area contributed by atoms with E-state index < -0.39 is 58.1 Å². The van der Waals surface area contributed by atoms with Crippen LogP contribution in [0.5, 0.6) is 17.2 Å². The first-order valence-corrected chi connectivity index (χ1v) is 20.1. The molecule has 4 aliphatic heterocycles. The zero-order valence-electron chi connectivity index (χ0n) is 34.7. The Hall–Kier alpha value is -4.68. The number of esters is 2. The molecule has 1 aromatic carbocycles. The van der Waals surface area contributed by atoms with Crippen LogP contribution in [0.15, 0.2) is 52.9 Å². The second kappa shape index (κ2) is 14.3. The zero-order chi connectivity index (χ0) is 41.4. The number of fused-ring (bicyclic) bond motifs is 5. The van der Waals surface area contributed by atoms with E-state index in [-0.39, 0.29) is 18.0 Å². The van der Waals surface area contributed by atoms with E-state index >= 15 is 4.79 Å². The summed E-state index contributed by atoms with van der Waals surface area (Å²) in [6, 6.07) is -0.655. The van der Waals surface area contributed by atoms with Crippen LogP contribution in [0.1, 0.15) is 111 Å². The molecule has 0 bridgehead atoms. The average molecular weight is 801 g/mol. The van der Waals surface area contributed by atoms with Crippen molar-refractivity contribution >= 4 is 47.0 Å². The summed E-state index contributed by atoms with van der Waals surface area (Å²) < 4.78 is 34.9. The van der Waals surface area contributed by atoms with Crippen molar-refractivity contribution in [2.45, 2.75) is 123 Å². The predicted octanol–water partition coefficient (Wildman–Crippen LogP) is 8.26. The Morgan fingerprint density at radius 2 is 1.75 bits per heavy atom. The molecule has 2 fully saturated rings. The van der Waals surface area contributed by atoms with Crippen molar-refractivity contribution in [3.05, 3.63) is 69.6 Å². The van der Waals surface area contributed by atoms with Crippen LogP contribution >= 0.6 is 11.6 Å². The Balaban J connectivity index is 1.61. The SMILES string of the molecule is COC(=O)/C(C)=C\CC12OC(C)(C)C(C)C13Oc1c(CC=C(C)C)c4c(c(OC(=O)CCl)c1C1=C3C(C(C)C2=O)n2ncnc2N1)C=CC(C)(CCC=C(C)C)O4. The molecule has 2 aromatic rings. The third-order valence-electron chi connectivity index (χ3n) is 12.4. The molecule has 1 saturated carbocycles. The Labute approximate surface area is 339 Å². The first-order chi connectivity index (χ1) is 26.9. The molecule has 57 heavy (non-hydrogen) atoms. The van der Waals surface area contributed by atoms with Crippen molar-refractivity contribution in [1.82, 2.24) is 14.8 Å². The van der Waals surface area contributed by atoms with Gasteiger partial charge in [0.15, 0.2) is 22.7 Å². The van der Waals surface area contributed by atoms with Crippen LogP contribution in [0.4, 0.5) is 5.95 Å². The van der Waals surface area contributed by atoms with Crippen molar-refractivity contribution < 1.29 is 38.1 Å². The summed E-state index contributed by atoms with van der Waals surface area (Å²) >= 11 is 6.14. The second-order valence-corrected chi connectivity index (χ2v) is 17.4. The van der Waals surface area contributed by atoms with Gasteiger partial charge >= 0.3 is 11.9 Å². The lowest BCUT2D eigenvalue weighted by Crippen LogP contribution is -2.70. The molecule has 0 amide bonds. The summed E-state index contributed by atoms with van der Waals surface area (Å²) in [5, 5.41) is 8.20. The fourth-order valence-electron chi connectivity index (χ4n) is 9.34. The first kappa shape index (κ1) is 40.5. The largest absolute Gasteiger partial charge is 0.482 e. The van der Waals surface area contributed by atoms with Crippen LogP contribution in [-0.2, 0) is 30.3 Å². The third kappa shape index (κ3) is 6.16. The van der Waals surface area contributed by atoms with Crippen LogP contribution in [0, 0.1) is 11.8 Å². The number of allylic oxidation sites excluding steroid dienone is 4. The van der Waals surface area contributed by atoms with Gasteiger partial charge in [-0.2, -0.15) is 10.1 Å². The lowest BCUT2D eigenvalue weighted by atomic mass is 9.55. The van der Waals surface area contributed by atoms with Gasteiger partial charge in [0.25, 0.3) is 0 Å². The molecule has 0 radical (unpaired) electrons. The fraction of sp³-hybridized carbons (Fsp3) is 0.523. The molecule has 5 aliphatic rings. The van der Waals surface area contributed by atoms with Crippen molar-refractivity contribution in [1.29, 1.82) is 0 Å². The van der Waals surface area contributed by atoms with Gasteiger partial charge in [-0.3, -0.25) is 9.59 Å². The number of benzene rings is 1. The normalized spacial score (nSPS) is 28.7. The van der Waals surface area contributed by atoms with E-state index in [1.165, 1.54) is 19.0 Å². The maximum absolute atomic E-state index is 15.4. The van der Waals surface area contributed by atoms with Gasteiger partial charge in [-0.25, -0.2) is 9.48 Å². The van der Waals surface area contributed by atoms with E-state index in [0.29, 0.717) is 63.8 Å². The smallest absolute Gasteiger partial charge is 0.333 e. The topological polar surface area (TPSA) is 140 Å². The molecule has 13 heteroatoms. The van der Waals surface area contributed by atoms with Crippen molar-refractivity contribution in [2.75, 3.05) is 18.3 Å². The number of Topliss-reactive ketones (excluding diaryl/α,β-unsaturated/α-hetero) is 1. The number of aromatic nitrogens is 3. The average Bonchev–Trinajstić information content (AvgIpc) is 3.70. The Morgan fingerprint density at radius 3 is 2.42 bits per heavy atom. The molecule has 304 valence electrons. The number of carbonyl (C=O) groups excluding carboxylic acids is 3. The quantitative estimate of drug-likeness (QED) is 0.0817. The van der Waals surface area contributed by atoms with Crippen LogP contribution in [-0.4, -0.2) is 67.9 Å². The number of rotatable bonds is 10. The van der Waals surface area contributed by atoms with E-state index in [1.54, 1.807) is 17.7 Å². The van der Waals surface area contributed by atoms with Gasteiger partial charge in [-0.15, -0.1) is 11.6 Å². The molecule has 5 heterocycles. The van der Waals surface area contributed by atoms with Gasteiger partial charge in [0, 0.05) is 35.0 Å². The van der Waals surface area contributed by atoms with Crippen molar-refractivity contribution in [3.8, 4) is 17.2 Å². The lowest BCUT2D eigenvalue weighted by molar-refractivity contribution is -0.176. The van der Waals surface area contributed by atoms with Crippen molar-refractivity contribution in [3.63, 3.8) is 0 Å². The summed E-state index contributed by atoms with van der Waals surface area (Å²) in [5.41, 5.74) is 0.944. The minimum Gasteiger partial charge on any atom is -0.482 e. The number of alkyl halides is 1. The number of methoxy groups -OCH3 is 1. The molecule has 1 aliphatic carbocycles. The van der Waals surface area contributed by atoms with Crippen molar-refractivity contribution in [2.24, 2.45) is 11.8 Å². The van der Waals surface area contributed by atoms with E-state index in [9.17, 15) is 9.59 Å². The monoisotopic (exact) mass is 800 g/mol. The summed E-state index contributed by atoms with van der Waals surface area (Å²) in [4.78, 5) is 46.1. The molecule has 1 N–H and O–H groups in total. The van der Waals surface area contributed by atoms with Gasteiger partial charge in [-0.05, 0) is 86.8 Å². The molecule has 12 nitrogen and oxygen atoms in total. The highest BCUT2D eigenvalue weighted by Crippen LogP contribution is 2.69. The minimum atomic E-state index is -1.63. The summed E-state index contributed by atoms with van der Waals surface area (Å²) in [7, 11) is 1.32. The number of halogens is 1. The third-order valence-corrected chi connectivity index (χ3v) is 12.6. The zero-order valence-corrected chi connectivity index (χ0v) is 35.5. The second-order valence-electron chi connectivity index (χ2n) is 17.1. The van der Waals surface area contributed by atoms with E-state index in [0.717, 1.165) is 12.0 Å². The molecular formula is C44H53ClN4O8. The molecular weight excluding hydrogens is 748 g/mol. The Morgan fingerprint density at radius 1 is 1.04 bits per heavy atom. The first-order valence-electron chi connectivity index (χ1n) is 19.6. The maximum Gasteiger partial charge on any atom is 0.333 e. The number of ketones is 1. The number of hydrogen-bond donors (Lipinski definition) is 1. The lowest BCUT2D eigenvalue weighted by Gasteiger charge is -2.57. The van der Waals surface area contributed by atoms with Gasteiger partial charge in [0.1, 0.15) is 29.3 Å². The van der Waals surface area contributed by atoms with Gasteiger partial charge < -0.3 is 29.0 Å². The van der Waals surface area contributed by atoms with Crippen LogP contribution < -0.4 is 19.5 Å². The number of hydrogen-bond acceptors (Lipinski definition) is 11. The summed E-state index contributed by atoms with van der Waals surface area (Å²) in [5.74, 6) is -1.39. The Kier molecular flexibility index (Phi) is 10.2.